The fraction of sp³-hybridized carbons (Fsp3) is 0.600. The van der Waals surface area contributed by atoms with Gasteiger partial charge in [0.25, 0.3) is 0 Å². The molecule has 1 amide bonds. The van der Waals surface area contributed by atoms with E-state index in [2.05, 4.69) is 15.7 Å². The van der Waals surface area contributed by atoms with Crippen LogP contribution in [0.5, 0.6) is 0 Å². The van der Waals surface area contributed by atoms with Gasteiger partial charge < -0.3 is 10.6 Å². The topological polar surface area (TPSA) is 59.0 Å². The molecule has 2 rings (SSSR count). The fourth-order valence-electron chi connectivity index (χ4n) is 1.73. The molecular weight excluding hydrogens is 263 g/mol. The Morgan fingerprint density at radius 2 is 2.35 bits per heavy atom. The van der Waals surface area contributed by atoms with Crippen LogP contribution in [0.2, 0.25) is 0 Å². The number of amides is 1. The van der Waals surface area contributed by atoms with E-state index in [9.17, 15) is 4.79 Å². The van der Waals surface area contributed by atoms with E-state index < -0.39 is 0 Å². The van der Waals surface area contributed by atoms with Crippen molar-refractivity contribution in [1.29, 1.82) is 0 Å². The van der Waals surface area contributed by atoms with Gasteiger partial charge in [-0.3, -0.25) is 9.48 Å². The molecule has 0 saturated carbocycles. The van der Waals surface area contributed by atoms with Gasteiger partial charge in [-0.15, -0.1) is 24.8 Å². The molecule has 1 atom stereocenters. The predicted molar refractivity (Wildman–Crippen MR) is 70.8 cm³/mol. The second-order valence-electron chi connectivity index (χ2n) is 3.78. The van der Waals surface area contributed by atoms with Crippen LogP contribution in [0.25, 0.3) is 0 Å². The van der Waals surface area contributed by atoms with Crippen LogP contribution in [0.15, 0.2) is 18.5 Å². The lowest BCUT2D eigenvalue weighted by atomic mass is 10.2. The molecule has 7 heteroatoms. The van der Waals surface area contributed by atoms with Crippen LogP contribution in [0.1, 0.15) is 12.8 Å². The van der Waals surface area contributed by atoms with Crippen molar-refractivity contribution in [2.45, 2.75) is 25.4 Å². The molecule has 0 bridgehead atoms. The molecule has 0 spiro atoms. The highest BCUT2D eigenvalue weighted by Crippen LogP contribution is 1.98. The summed E-state index contributed by atoms with van der Waals surface area (Å²) < 4.78 is 1.77. The standard InChI is InChI=1S/C10H16N4O.2ClH/c15-10(13-9-2-5-11-8-9)3-7-14-6-1-4-12-14;;/h1,4,6,9,11H,2-3,5,7-8H2,(H,13,15);2*1H. The van der Waals surface area contributed by atoms with Gasteiger partial charge in [0, 0.05) is 37.9 Å². The fourth-order valence-corrected chi connectivity index (χ4v) is 1.73. The summed E-state index contributed by atoms with van der Waals surface area (Å²) >= 11 is 0. The molecule has 1 aromatic rings. The zero-order valence-corrected chi connectivity index (χ0v) is 11.1. The van der Waals surface area contributed by atoms with Gasteiger partial charge in [0.15, 0.2) is 0 Å². The van der Waals surface area contributed by atoms with Crippen molar-refractivity contribution < 1.29 is 4.79 Å². The molecule has 1 saturated heterocycles. The minimum Gasteiger partial charge on any atom is -0.352 e. The Labute approximate surface area is 113 Å². The lowest BCUT2D eigenvalue weighted by molar-refractivity contribution is -0.121. The number of carbonyl (C=O) groups excluding carboxylic acids is 1. The van der Waals surface area contributed by atoms with Gasteiger partial charge in [-0.05, 0) is 19.0 Å². The van der Waals surface area contributed by atoms with Gasteiger partial charge in [-0.25, -0.2) is 0 Å². The molecule has 5 nitrogen and oxygen atoms in total. The molecule has 2 N–H and O–H groups in total. The van der Waals surface area contributed by atoms with Crippen molar-refractivity contribution in [2.75, 3.05) is 13.1 Å². The molecule has 0 aromatic carbocycles. The first kappa shape index (κ1) is 16.2. The Bertz CT molecular complexity index is 312. The van der Waals surface area contributed by atoms with Crippen molar-refractivity contribution in [1.82, 2.24) is 20.4 Å². The second-order valence-corrected chi connectivity index (χ2v) is 3.78. The summed E-state index contributed by atoms with van der Waals surface area (Å²) in [5.41, 5.74) is 0. The smallest absolute Gasteiger partial charge is 0.222 e. The average Bonchev–Trinajstić information content (AvgIpc) is 2.86. The van der Waals surface area contributed by atoms with Crippen molar-refractivity contribution >= 4 is 30.7 Å². The lowest BCUT2D eigenvalue weighted by Crippen LogP contribution is -2.36. The molecule has 0 radical (unpaired) electrons. The van der Waals surface area contributed by atoms with Crippen LogP contribution in [-0.2, 0) is 11.3 Å². The van der Waals surface area contributed by atoms with E-state index in [1.165, 1.54) is 0 Å². The van der Waals surface area contributed by atoms with Crippen LogP contribution in [0.4, 0.5) is 0 Å². The summed E-state index contributed by atoms with van der Waals surface area (Å²) in [5, 5.41) is 10.3. The second kappa shape index (κ2) is 8.33. The summed E-state index contributed by atoms with van der Waals surface area (Å²) in [5.74, 6) is 0.110. The molecule has 1 aliphatic heterocycles. The predicted octanol–water partition coefficient (Wildman–Crippen LogP) is 0.595. The van der Waals surface area contributed by atoms with Crippen molar-refractivity contribution in [3.8, 4) is 0 Å². The van der Waals surface area contributed by atoms with E-state index in [0.29, 0.717) is 19.0 Å². The Hall–Kier alpha value is -0.780. The number of carbonyl (C=O) groups is 1. The first-order valence-electron chi connectivity index (χ1n) is 5.32. The van der Waals surface area contributed by atoms with Crippen LogP contribution < -0.4 is 10.6 Å². The molecule has 1 fully saturated rings. The van der Waals surface area contributed by atoms with Crippen LogP contribution >= 0.6 is 24.8 Å². The summed E-state index contributed by atoms with van der Waals surface area (Å²) in [7, 11) is 0. The average molecular weight is 281 g/mol. The Balaban J connectivity index is 0.00000128. The molecule has 1 aliphatic rings. The number of hydrogen-bond donors (Lipinski definition) is 2. The maximum absolute atomic E-state index is 11.5. The summed E-state index contributed by atoms with van der Waals surface area (Å²) in [6.07, 6.45) is 5.12. The molecule has 1 aromatic heterocycles. The van der Waals surface area contributed by atoms with Crippen molar-refractivity contribution in [3.63, 3.8) is 0 Å². The highest BCUT2D eigenvalue weighted by molar-refractivity contribution is 5.85. The third kappa shape index (κ3) is 5.39. The van der Waals surface area contributed by atoms with E-state index in [-0.39, 0.29) is 30.7 Å². The zero-order valence-electron chi connectivity index (χ0n) is 9.46. The number of rotatable bonds is 4. The molecule has 2 heterocycles. The maximum Gasteiger partial charge on any atom is 0.222 e. The normalized spacial score (nSPS) is 18.0. The monoisotopic (exact) mass is 280 g/mol. The van der Waals surface area contributed by atoms with Crippen molar-refractivity contribution in [3.05, 3.63) is 18.5 Å². The SMILES string of the molecule is Cl.Cl.O=C(CCn1cccn1)NC1CCNC1. The quantitative estimate of drug-likeness (QED) is 0.849. The number of hydrogen-bond acceptors (Lipinski definition) is 3. The van der Waals surface area contributed by atoms with E-state index in [1.807, 2.05) is 12.3 Å². The molecule has 98 valence electrons. The third-order valence-corrected chi connectivity index (χ3v) is 2.55. The third-order valence-electron chi connectivity index (χ3n) is 2.55. The Morgan fingerprint density at radius 3 is 2.94 bits per heavy atom. The summed E-state index contributed by atoms with van der Waals surface area (Å²) in [6, 6.07) is 2.17. The van der Waals surface area contributed by atoms with Gasteiger partial charge in [0.2, 0.25) is 5.91 Å². The van der Waals surface area contributed by atoms with E-state index in [0.717, 1.165) is 19.5 Å². The van der Waals surface area contributed by atoms with Crippen LogP contribution in [0.3, 0.4) is 0 Å². The van der Waals surface area contributed by atoms with Gasteiger partial charge in [0.1, 0.15) is 0 Å². The highest BCUT2D eigenvalue weighted by atomic mass is 35.5. The molecule has 17 heavy (non-hydrogen) atoms. The van der Waals surface area contributed by atoms with Gasteiger partial charge >= 0.3 is 0 Å². The number of nitrogens with one attached hydrogen (secondary N) is 2. The summed E-state index contributed by atoms with van der Waals surface area (Å²) in [6.45, 7) is 2.55. The van der Waals surface area contributed by atoms with Crippen LogP contribution in [0, 0.1) is 0 Å². The first-order chi connectivity index (χ1) is 7.34. The zero-order chi connectivity index (χ0) is 10.5. The largest absolute Gasteiger partial charge is 0.352 e. The number of aryl methyl sites for hydroxylation is 1. The Morgan fingerprint density at radius 1 is 1.53 bits per heavy atom. The first-order valence-corrected chi connectivity index (χ1v) is 5.32. The Kier molecular flexibility index (Phi) is 7.95. The van der Waals surface area contributed by atoms with E-state index in [4.69, 9.17) is 0 Å². The number of aromatic nitrogens is 2. The van der Waals surface area contributed by atoms with E-state index >= 15 is 0 Å². The van der Waals surface area contributed by atoms with Gasteiger partial charge in [-0.2, -0.15) is 5.10 Å². The van der Waals surface area contributed by atoms with Gasteiger partial charge in [-0.1, -0.05) is 0 Å². The minimum atomic E-state index is 0. The van der Waals surface area contributed by atoms with E-state index in [1.54, 1.807) is 10.9 Å². The van der Waals surface area contributed by atoms with Crippen molar-refractivity contribution in [2.24, 2.45) is 0 Å². The summed E-state index contributed by atoms with van der Waals surface area (Å²) in [4.78, 5) is 11.5. The number of nitrogens with zero attached hydrogens (tertiary/aromatic N) is 2. The molecule has 1 unspecified atom stereocenters. The lowest BCUT2D eigenvalue weighted by Gasteiger charge is -2.10. The molecule has 0 aliphatic carbocycles. The maximum atomic E-state index is 11.5. The molecular formula is C10H18Cl2N4O. The van der Waals surface area contributed by atoms with Crippen LogP contribution in [-0.4, -0.2) is 34.8 Å². The minimum absolute atomic E-state index is 0. The highest BCUT2D eigenvalue weighted by Gasteiger charge is 2.16. The number of halogens is 2. The van der Waals surface area contributed by atoms with Gasteiger partial charge in [0.05, 0.1) is 0 Å².